The molecule has 0 aliphatic heterocycles. The zero-order valence-electron chi connectivity index (χ0n) is 14.4. The van der Waals surface area contributed by atoms with Crippen LogP contribution in [0.1, 0.15) is 35.9 Å². The highest BCUT2D eigenvalue weighted by Crippen LogP contribution is 2.38. The summed E-state index contributed by atoms with van der Waals surface area (Å²) >= 11 is 5.03. The van der Waals surface area contributed by atoms with Crippen LogP contribution in [0.3, 0.4) is 0 Å². The van der Waals surface area contributed by atoms with Gasteiger partial charge in [-0.3, -0.25) is 0 Å². The van der Waals surface area contributed by atoms with Crippen molar-refractivity contribution in [3.63, 3.8) is 0 Å². The molecule has 2 aromatic heterocycles. The van der Waals surface area contributed by atoms with Crippen LogP contribution >= 0.6 is 27.3 Å². The quantitative estimate of drug-likeness (QED) is 0.510. The average molecular weight is 431 g/mol. The van der Waals surface area contributed by atoms with Gasteiger partial charge < -0.3 is 9.72 Å². The van der Waals surface area contributed by atoms with Crippen LogP contribution in [0.15, 0.2) is 40.2 Å². The Morgan fingerprint density at radius 2 is 2.23 bits per heavy atom. The normalized spacial score (nSPS) is 13.8. The second kappa shape index (κ2) is 7.37. The van der Waals surface area contributed by atoms with E-state index in [4.69, 9.17) is 4.74 Å². The summed E-state index contributed by atoms with van der Waals surface area (Å²) in [5.74, 6) is 0.397. The molecule has 4 nitrogen and oxygen atoms in total. The third-order valence-corrected chi connectivity index (χ3v) is 5.81. The minimum absolute atomic E-state index is 0.357. The van der Waals surface area contributed by atoms with Gasteiger partial charge in [0.2, 0.25) is 0 Å². The van der Waals surface area contributed by atoms with Crippen LogP contribution in [0.4, 0.5) is 0 Å². The fraction of sp³-hybridized carbons (Fsp3) is 0.300. The van der Waals surface area contributed by atoms with Crippen LogP contribution in [0.5, 0.6) is 0 Å². The van der Waals surface area contributed by atoms with Crippen molar-refractivity contribution in [2.45, 2.75) is 26.2 Å². The lowest BCUT2D eigenvalue weighted by atomic mass is 10.1. The highest BCUT2D eigenvalue weighted by atomic mass is 79.9. The van der Waals surface area contributed by atoms with Gasteiger partial charge in [-0.05, 0) is 55.9 Å². The molecule has 0 amide bonds. The van der Waals surface area contributed by atoms with Crippen molar-refractivity contribution in [3.05, 3.63) is 51.6 Å². The monoisotopic (exact) mass is 430 g/mol. The highest BCUT2D eigenvalue weighted by molar-refractivity contribution is 9.10. The molecule has 1 aliphatic rings. The molecule has 4 rings (SSSR count). The number of esters is 1. The van der Waals surface area contributed by atoms with Crippen molar-refractivity contribution in [1.29, 1.82) is 0 Å². The van der Waals surface area contributed by atoms with Gasteiger partial charge in [-0.1, -0.05) is 28.1 Å². The Morgan fingerprint density at radius 3 is 2.96 bits per heavy atom. The number of hydrogen-bond donors (Lipinski definition) is 1. The molecule has 6 heteroatoms. The molecule has 1 aromatic carbocycles. The van der Waals surface area contributed by atoms with Gasteiger partial charge in [-0.15, -0.1) is 11.3 Å². The second-order valence-corrected chi connectivity index (χ2v) is 8.27. The van der Waals surface area contributed by atoms with Gasteiger partial charge in [-0.2, -0.15) is 0 Å². The number of aromatic nitrogens is 2. The van der Waals surface area contributed by atoms with Gasteiger partial charge in [0.25, 0.3) is 0 Å². The largest absolute Gasteiger partial charge is 0.461 e. The Balaban J connectivity index is 1.71. The number of hydrogen-bond acceptors (Lipinski definition) is 4. The molecule has 1 fully saturated rings. The molecular formula is C20H19BrN2O2S. The van der Waals surface area contributed by atoms with Crippen LogP contribution in [0.2, 0.25) is 0 Å². The predicted molar refractivity (Wildman–Crippen MR) is 107 cm³/mol. The van der Waals surface area contributed by atoms with Crippen molar-refractivity contribution >= 4 is 33.2 Å². The molecule has 1 N–H and O–H groups in total. The summed E-state index contributed by atoms with van der Waals surface area (Å²) in [5, 5.41) is 2.64. The Hall–Kier alpha value is -1.92. The first-order valence-corrected chi connectivity index (χ1v) is 10.4. The molecule has 0 atom stereocenters. The lowest BCUT2D eigenvalue weighted by molar-refractivity contribution is 0.0520. The van der Waals surface area contributed by atoms with Crippen LogP contribution in [-0.4, -0.2) is 22.5 Å². The molecule has 0 unspecified atom stereocenters. The Bertz CT molecular complexity index is 943. The maximum absolute atomic E-state index is 11.9. The molecule has 1 aliphatic carbocycles. The third-order valence-electron chi connectivity index (χ3n) is 4.44. The number of thiazole rings is 1. The maximum Gasteiger partial charge on any atom is 0.357 e. The molecule has 134 valence electrons. The van der Waals surface area contributed by atoms with Crippen molar-refractivity contribution in [2.75, 3.05) is 6.61 Å². The number of nitrogens with one attached hydrogen (secondary N) is 1. The summed E-state index contributed by atoms with van der Waals surface area (Å²) < 4.78 is 6.11. The molecule has 0 bridgehead atoms. The van der Waals surface area contributed by atoms with Crippen LogP contribution in [-0.2, 0) is 11.2 Å². The summed E-state index contributed by atoms with van der Waals surface area (Å²) in [5.41, 5.74) is 4.88. The van der Waals surface area contributed by atoms with E-state index in [0.29, 0.717) is 12.3 Å². The average Bonchev–Trinajstić information content (AvgIpc) is 3.14. The zero-order chi connectivity index (χ0) is 18.1. The van der Waals surface area contributed by atoms with Crippen molar-refractivity contribution in [3.8, 4) is 21.8 Å². The first kappa shape index (κ1) is 17.5. The van der Waals surface area contributed by atoms with Crippen LogP contribution in [0, 0.1) is 5.92 Å². The summed E-state index contributed by atoms with van der Waals surface area (Å²) in [7, 11) is 0. The number of benzene rings is 1. The Kier molecular flexibility index (Phi) is 4.96. The fourth-order valence-corrected chi connectivity index (χ4v) is 4.20. The molecule has 0 spiro atoms. The smallest absolute Gasteiger partial charge is 0.357 e. The van der Waals surface area contributed by atoms with E-state index in [1.54, 1.807) is 12.3 Å². The summed E-state index contributed by atoms with van der Waals surface area (Å²) in [6.45, 7) is 2.16. The number of carbonyl (C=O) groups is 1. The number of aromatic amines is 1. The molecule has 0 radical (unpaired) electrons. The van der Waals surface area contributed by atoms with Gasteiger partial charge in [-0.25, -0.2) is 9.78 Å². The first-order chi connectivity index (χ1) is 12.6. The number of ether oxygens (including phenoxy) is 1. The van der Waals surface area contributed by atoms with Gasteiger partial charge in [0.15, 0.2) is 5.69 Å². The van der Waals surface area contributed by atoms with Crippen molar-refractivity contribution in [2.24, 2.45) is 5.92 Å². The standard InChI is InChI=1S/C20H19BrN2O2S/c1-2-25-20(24)18-11-26-19(23-18)15-10-16(13-4-3-5-14(21)9-13)22-17(15)8-12-6-7-12/h3-5,9-12,22H,2,6-8H2,1H3. The Labute approximate surface area is 164 Å². The van der Waals surface area contributed by atoms with E-state index in [1.165, 1.54) is 29.9 Å². The van der Waals surface area contributed by atoms with E-state index in [1.807, 2.05) is 12.1 Å². The van der Waals surface area contributed by atoms with E-state index in [-0.39, 0.29) is 5.97 Å². The molecule has 3 aromatic rings. The molecule has 2 heterocycles. The van der Waals surface area contributed by atoms with Crippen LogP contribution < -0.4 is 0 Å². The maximum atomic E-state index is 11.9. The lowest BCUT2D eigenvalue weighted by Crippen LogP contribution is -2.04. The SMILES string of the molecule is CCOC(=O)c1csc(-c2cc(-c3cccc(Br)c3)[nH]c2CC2CC2)n1. The lowest BCUT2D eigenvalue weighted by Gasteiger charge is -2.00. The second-order valence-electron chi connectivity index (χ2n) is 6.49. The molecule has 26 heavy (non-hydrogen) atoms. The van der Waals surface area contributed by atoms with Crippen molar-refractivity contribution < 1.29 is 9.53 Å². The van der Waals surface area contributed by atoms with Gasteiger partial charge >= 0.3 is 5.97 Å². The highest BCUT2D eigenvalue weighted by Gasteiger charge is 2.25. The molecular weight excluding hydrogens is 412 g/mol. The van der Waals surface area contributed by atoms with E-state index in [0.717, 1.165) is 38.6 Å². The topological polar surface area (TPSA) is 55.0 Å². The van der Waals surface area contributed by atoms with Gasteiger partial charge in [0.05, 0.1) is 6.61 Å². The number of carbonyl (C=O) groups excluding carboxylic acids is 1. The van der Waals surface area contributed by atoms with Gasteiger partial charge in [0, 0.05) is 26.8 Å². The summed E-state index contributed by atoms with van der Waals surface area (Å²) in [6.07, 6.45) is 3.60. The fourth-order valence-electron chi connectivity index (χ4n) is 2.97. The third kappa shape index (κ3) is 3.76. The summed E-state index contributed by atoms with van der Waals surface area (Å²) in [4.78, 5) is 20.1. The van der Waals surface area contributed by atoms with E-state index >= 15 is 0 Å². The number of nitrogens with zero attached hydrogens (tertiary/aromatic N) is 1. The minimum atomic E-state index is -0.360. The molecule has 1 saturated carbocycles. The number of H-pyrrole nitrogens is 1. The first-order valence-electron chi connectivity index (χ1n) is 8.75. The van der Waals surface area contributed by atoms with E-state index in [2.05, 4.69) is 44.1 Å². The van der Waals surface area contributed by atoms with E-state index in [9.17, 15) is 4.79 Å². The van der Waals surface area contributed by atoms with Crippen molar-refractivity contribution in [1.82, 2.24) is 9.97 Å². The van der Waals surface area contributed by atoms with Gasteiger partial charge in [0.1, 0.15) is 5.01 Å². The number of halogens is 1. The van der Waals surface area contributed by atoms with E-state index < -0.39 is 0 Å². The predicted octanol–water partition coefficient (Wildman–Crippen LogP) is 5.70. The zero-order valence-corrected chi connectivity index (χ0v) is 16.8. The Morgan fingerprint density at radius 1 is 1.38 bits per heavy atom. The minimum Gasteiger partial charge on any atom is -0.461 e. The summed E-state index contributed by atoms with van der Waals surface area (Å²) in [6, 6.07) is 10.4. The van der Waals surface area contributed by atoms with Crippen LogP contribution in [0.25, 0.3) is 21.8 Å². The number of rotatable bonds is 6. The molecule has 0 saturated heterocycles.